The molecule has 0 aromatic rings. The number of nitrogens with two attached hydrogens (primary N) is 1. The number of carbonyl (C=O) groups excluding carboxylic acids is 1. The predicted molar refractivity (Wildman–Crippen MR) is 40.1 cm³/mol. The lowest BCUT2D eigenvalue weighted by molar-refractivity contribution is -0.120. The van der Waals surface area contributed by atoms with E-state index in [9.17, 15) is 4.79 Å². The van der Waals surface area contributed by atoms with Crippen LogP contribution in [0.15, 0.2) is 0 Å². The fourth-order valence-electron chi connectivity index (χ4n) is 0.362. The molecule has 0 fully saturated rings. The molecule has 9 heavy (non-hydrogen) atoms. The molecule has 0 atom stereocenters. The minimum Gasteiger partial charge on any atom is -0.393 e. The monoisotopic (exact) mass is 146 g/mol. The SMILES string of the molecule is CNC(=O)CCC(N)=S. The Morgan fingerprint density at radius 3 is 2.56 bits per heavy atom. The van der Waals surface area contributed by atoms with E-state index in [1.807, 2.05) is 0 Å². The van der Waals surface area contributed by atoms with Crippen LogP contribution in [0, 0.1) is 0 Å². The standard InChI is InChI=1S/C5H10N2OS/c1-7-5(8)3-2-4(6)9/h2-3H2,1H3,(H2,6,9)(H,7,8). The van der Waals surface area contributed by atoms with Crippen molar-refractivity contribution in [2.24, 2.45) is 5.73 Å². The van der Waals surface area contributed by atoms with E-state index < -0.39 is 0 Å². The maximum atomic E-state index is 10.5. The first-order chi connectivity index (χ1) is 4.16. The molecule has 0 heterocycles. The summed E-state index contributed by atoms with van der Waals surface area (Å²) in [7, 11) is 1.59. The number of thiocarbonyl (C=S) groups is 1. The molecule has 0 saturated heterocycles. The van der Waals surface area contributed by atoms with Gasteiger partial charge in [-0.25, -0.2) is 0 Å². The number of nitrogens with one attached hydrogen (secondary N) is 1. The second-order valence-electron chi connectivity index (χ2n) is 1.64. The lowest BCUT2D eigenvalue weighted by Gasteiger charge is -1.95. The third-order valence-electron chi connectivity index (χ3n) is 0.877. The fourth-order valence-corrected chi connectivity index (χ4v) is 0.464. The van der Waals surface area contributed by atoms with Crippen LogP contribution in [-0.4, -0.2) is 17.9 Å². The number of hydrogen-bond acceptors (Lipinski definition) is 2. The van der Waals surface area contributed by atoms with E-state index in [0.29, 0.717) is 17.8 Å². The van der Waals surface area contributed by atoms with Gasteiger partial charge in [0.2, 0.25) is 5.91 Å². The average Bonchev–Trinajstić information content (AvgIpc) is 1.83. The Bertz CT molecular complexity index is 124. The minimum atomic E-state index is -0.0252. The molecule has 0 aliphatic rings. The first kappa shape index (κ1) is 8.36. The Balaban J connectivity index is 3.28. The van der Waals surface area contributed by atoms with Gasteiger partial charge in [-0.2, -0.15) is 0 Å². The topological polar surface area (TPSA) is 55.1 Å². The van der Waals surface area contributed by atoms with Crippen LogP contribution < -0.4 is 11.1 Å². The molecule has 0 aromatic carbocycles. The van der Waals surface area contributed by atoms with Crippen LogP contribution in [0.25, 0.3) is 0 Å². The van der Waals surface area contributed by atoms with Crippen molar-refractivity contribution < 1.29 is 4.79 Å². The lowest BCUT2D eigenvalue weighted by Crippen LogP contribution is -2.20. The van der Waals surface area contributed by atoms with E-state index >= 15 is 0 Å². The summed E-state index contributed by atoms with van der Waals surface area (Å²) in [6.07, 6.45) is 0.890. The largest absolute Gasteiger partial charge is 0.393 e. The molecular weight excluding hydrogens is 136 g/mol. The Hall–Kier alpha value is -0.640. The molecule has 0 unspecified atom stereocenters. The van der Waals surface area contributed by atoms with Crippen LogP contribution in [0.5, 0.6) is 0 Å². The van der Waals surface area contributed by atoms with Gasteiger partial charge in [0.1, 0.15) is 0 Å². The van der Waals surface area contributed by atoms with Crippen molar-refractivity contribution >= 4 is 23.1 Å². The van der Waals surface area contributed by atoms with Crippen molar-refractivity contribution in [1.82, 2.24) is 5.32 Å². The Morgan fingerprint density at radius 2 is 2.22 bits per heavy atom. The van der Waals surface area contributed by atoms with Gasteiger partial charge in [-0.15, -0.1) is 0 Å². The van der Waals surface area contributed by atoms with E-state index in [1.54, 1.807) is 7.05 Å². The zero-order valence-corrected chi connectivity index (χ0v) is 6.12. The van der Waals surface area contributed by atoms with E-state index in [2.05, 4.69) is 17.5 Å². The van der Waals surface area contributed by atoms with Crippen LogP contribution in [0.2, 0.25) is 0 Å². The van der Waals surface area contributed by atoms with Gasteiger partial charge in [0.25, 0.3) is 0 Å². The highest BCUT2D eigenvalue weighted by Crippen LogP contribution is 1.86. The molecule has 3 N–H and O–H groups in total. The van der Waals surface area contributed by atoms with E-state index in [0.717, 1.165) is 0 Å². The van der Waals surface area contributed by atoms with Crippen LogP contribution in [-0.2, 0) is 4.79 Å². The van der Waals surface area contributed by atoms with Crippen molar-refractivity contribution in [3.05, 3.63) is 0 Å². The van der Waals surface area contributed by atoms with Crippen molar-refractivity contribution in [2.45, 2.75) is 12.8 Å². The molecular formula is C5H10N2OS. The molecule has 0 aliphatic carbocycles. The third-order valence-corrected chi connectivity index (χ3v) is 1.08. The molecule has 1 amide bonds. The molecule has 52 valence electrons. The van der Waals surface area contributed by atoms with Crippen molar-refractivity contribution in [3.8, 4) is 0 Å². The fraction of sp³-hybridized carbons (Fsp3) is 0.600. The van der Waals surface area contributed by atoms with E-state index in [4.69, 9.17) is 5.73 Å². The van der Waals surface area contributed by atoms with Crippen LogP contribution in [0.1, 0.15) is 12.8 Å². The smallest absolute Gasteiger partial charge is 0.220 e. The van der Waals surface area contributed by atoms with Gasteiger partial charge < -0.3 is 11.1 Å². The molecule has 0 spiro atoms. The maximum Gasteiger partial charge on any atom is 0.220 e. The van der Waals surface area contributed by atoms with Gasteiger partial charge in [0.15, 0.2) is 0 Å². The Morgan fingerprint density at radius 1 is 1.67 bits per heavy atom. The van der Waals surface area contributed by atoms with Gasteiger partial charge >= 0.3 is 0 Å². The van der Waals surface area contributed by atoms with Crippen molar-refractivity contribution in [1.29, 1.82) is 0 Å². The van der Waals surface area contributed by atoms with Crippen molar-refractivity contribution in [3.63, 3.8) is 0 Å². The second-order valence-corrected chi connectivity index (χ2v) is 2.16. The zero-order chi connectivity index (χ0) is 7.28. The number of hydrogen-bond donors (Lipinski definition) is 2. The molecule has 0 aromatic heterocycles. The minimum absolute atomic E-state index is 0.0252. The maximum absolute atomic E-state index is 10.5. The normalized spacial score (nSPS) is 8.56. The molecule has 0 saturated carbocycles. The van der Waals surface area contributed by atoms with Crippen LogP contribution >= 0.6 is 12.2 Å². The van der Waals surface area contributed by atoms with E-state index in [-0.39, 0.29) is 5.91 Å². The average molecular weight is 146 g/mol. The summed E-state index contributed by atoms with van der Waals surface area (Å²) in [5, 5.41) is 2.47. The van der Waals surface area contributed by atoms with Gasteiger partial charge in [0.05, 0.1) is 4.99 Å². The summed E-state index contributed by atoms with van der Waals surface area (Å²) in [4.78, 5) is 10.9. The highest BCUT2D eigenvalue weighted by molar-refractivity contribution is 7.80. The Kier molecular flexibility index (Phi) is 3.96. The number of amides is 1. The molecule has 3 nitrogen and oxygen atoms in total. The quantitative estimate of drug-likeness (QED) is 0.542. The zero-order valence-electron chi connectivity index (χ0n) is 5.31. The first-order valence-electron chi connectivity index (χ1n) is 2.65. The summed E-state index contributed by atoms with van der Waals surface area (Å²) < 4.78 is 0. The third kappa shape index (κ3) is 5.23. The van der Waals surface area contributed by atoms with E-state index in [1.165, 1.54) is 0 Å². The molecule has 0 bridgehead atoms. The summed E-state index contributed by atoms with van der Waals surface area (Å²) in [6.45, 7) is 0. The predicted octanol–water partition coefficient (Wildman–Crippen LogP) is -0.201. The number of carbonyl (C=O) groups is 1. The summed E-state index contributed by atoms with van der Waals surface area (Å²) in [5.41, 5.74) is 5.15. The molecule has 0 rings (SSSR count). The van der Waals surface area contributed by atoms with Crippen molar-refractivity contribution in [2.75, 3.05) is 7.05 Å². The first-order valence-corrected chi connectivity index (χ1v) is 3.06. The summed E-state index contributed by atoms with van der Waals surface area (Å²) >= 11 is 4.56. The highest BCUT2D eigenvalue weighted by Gasteiger charge is 1.96. The van der Waals surface area contributed by atoms with Gasteiger partial charge in [-0.05, 0) is 0 Å². The second kappa shape index (κ2) is 4.26. The van der Waals surface area contributed by atoms with Gasteiger partial charge in [-0.3, -0.25) is 4.79 Å². The van der Waals surface area contributed by atoms with Crippen LogP contribution in [0.4, 0.5) is 0 Å². The number of rotatable bonds is 3. The van der Waals surface area contributed by atoms with Gasteiger partial charge in [-0.1, -0.05) is 12.2 Å². The van der Waals surface area contributed by atoms with Crippen LogP contribution in [0.3, 0.4) is 0 Å². The molecule has 4 heteroatoms. The summed E-state index contributed by atoms with van der Waals surface area (Å²) in [5.74, 6) is -0.0252. The van der Waals surface area contributed by atoms with Gasteiger partial charge in [0, 0.05) is 19.9 Å². The Labute approximate surface area is 59.6 Å². The molecule has 0 radical (unpaired) electrons. The lowest BCUT2D eigenvalue weighted by atomic mass is 10.3. The molecule has 0 aliphatic heterocycles. The highest BCUT2D eigenvalue weighted by atomic mass is 32.1. The summed E-state index contributed by atoms with van der Waals surface area (Å²) in [6, 6.07) is 0.